The third-order valence-electron chi connectivity index (χ3n) is 3.85. The number of amides is 1. The Hall–Kier alpha value is -1.64. The quantitative estimate of drug-likeness (QED) is 0.794. The number of rotatable bonds is 4. The molecule has 0 aromatic heterocycles. The Morgan fingerprint density at radius 3 is 2.32 bits per heavy atom. The summed E-state index contributed by atoms with van der Waals surface area (Å²) in [6.45, 7) is 3.25. The molecule has 7 nitrogen and oxygen atoms in total. The number of hydrogen-bond acceptors (Lipinski definition) is 5. The molecule has 0 bridgehead atoms. The molecule has 0 atom stereocenters. The summed E-state index contributed by atoms with van der Waals surface area (Å²) in [7, 11) is 1.29. The zero-order chi connectivity index (χ0) is 16.3. The second kappa shape index (κ2) is 6.64. The normalized spacial score (nSPS) is 16.6. The number of nitrogens with zero attached hydrogens (tertiary/aromatic N) is 2. The Kier molecular flexibility index (Phi) is 5.05. The predicted molar refractivity (Wildman–Crippen MR) is 85.8 cm³/mol. The van der Waals surface area contributed by atoms with Gasteiger partial charge in [-0.2, -0.15) is 0 Å². The van der Waals surface area contributed by atoms with Gasteiger partial charge in [0.1, 0.15) is 4.90 Å². The topological polar surface area (TPSA) is 81.8 Å². The van der Waals surface area contributed by atoms with Gasteiger partial charge in [0, 0.05) is 38.8 Å². The van der Waals surface area contributed by atoms with Crippen molar-refractivity contribution < 1.29 is 13.2 Å². The van der Waals surface area contributed by atoms with Crippen LogP contribution in [0.1, 0.15) is 10.4 Å². The zero-order valence-corrected chi connectivity index (χ0v) is 13.9. The summed E-state index contributed by atoms with van der Waals surface area (Å²) in [5.74, 6) is -0.308. The molecule has 0 spiro atoms. The van der Waals surface area contributed by atoms with Gasteiger partial charge in [0.2, 0.25) is 10.0 Å². The first kappa shape index (κ1) is 16.7. The number of sulfonamides is 1. The van der Waals surface area contributed by atoms with Gasteiger partial charge in [0.05, 0.1) is 5.69 Å². The van der Waals surface area contributed by atoms with Crippen LogP contribution in [0.2, 0.25) is 0 Å². The average Bonchev–Trinajstić information content (AvgIpc) is 2.54. The van der Waals surface area contributed by atoms with Gasteiger partial charge in [-0.1, -0.05) is 0 Å². The van der Waals surface area contributed by atoms with E-state index in [1.807, 2.05) is 11.9 Å². The predicted octanol–water partition coefficient (Wildman–Crippen LogP) is -0.294. The van der Waals surface area contributed by atoms with Crippen molar-refractivity contribution in [3.05, 3.63) is 23.8 Å². The molecule has 0 radical (unpaired) electrons. The summed E-state index contributed by atoms with van der Waals surface area (Å²) >= 11 is 0. The number of likely N-dealkylation sites (N-methyl/N-ethyl adjacent to an activating group) is 1. The first-order valence-corrected chi connectivity index (χ1v) is 8.60. The molecule has 22 heavy (non-hydrogen) atoms. The highest BCUT2D eigenvalue weighted by Crippen LogP contribution is 2.27. The summed E-state index contributed by atoms with van der Waals surface area (Å²) in [6, 6.07) is 4.79. The molecular weight excluding hydrogens is 304 g/mol. The van der Waals surface area contributed by atoms with Gasteiger partial charge in [-0.3, -0.25) is 4.79 Å². The van der Waals surface area contributed by atoms with Gasteiger partial charge in [0.25, 0.3) is 5.91 Å². The van der Waals surface area contributed by atoms with Gasteiger partial charge in [-0.25, -0.2) is 13.1 Å². The van der Waals surface area contributed by atoms with Gasteiger partial charge < -0.3 is 15.1 Å². The molecule has 1 heterocycles. The van der Waals surface area contributed by atoms with Crippen LogP contribution in [0.4, 0.5) is 5.69 Å². The van der Waals surface area contributed by atoms with Crippen molar-refractivity contribution in [1.29, 1.82) is 0 Å². The first-order chi connectivity index (χ1) is 10.4. The lowest BCUT2D eigenvalue weighted by Crippen LogP contribution is -2.45. The molecule has 0 aliphatic carbocycles. The van der Waals surface area contributed by atoms with Crippen molar-refractivity contribution in [2.75, 3.05) is 52.2 Å². The molecule has 0 unspecified atom stereocenters. The second-order valence-corrected chi connectivity index (χ2v) is 7.11. The van der Waals surface area contributed by atoms with E-state index in [0.717, 1.165) is 26.2 Å². The second-order valence-electron chi connectivity index (χ2n) is 5.26. The maximum Gasteiger partial charge on any atom is 0.251 e. The Bertz CT molecular complexity index is 652. The van der Waals surface area contributed by atoms with Crippen LogP contribution >= 0.6 is 0 Å². The van der Waals surface area contributed by atoms with Crippen molar-refractivity contribution in [1.82, 2.24) is 14.9 Å². The third kappa shape index (κ3) is 3.40. The van der Waals surface area contributed by atoms with E-state index in [4.69, 9.17) is 0 Å². The van der Waals surface area contributed by atoms with Gasteiger partial charge in [-0.05, 0) is 32.3 Å². The molecule has 1 amide bonds. The van der Waals surface area contributed by atoms with E-state index in [1.165, 1.54) is 20.2 Å². The van der Waals surface area contributed by atoms with E-state index >= 15 is 0 Å². The van der Waals surface area contributed by atoms with E-state index in [2.05, 4.69) is 14.9 Å². The lowest BCUT2D eigenvalue weighted by atomic mass is 10.1. The largest absolute Gasteiger partial charge is 0.368 e. The molecule has 1 aromatic carbocycles. The minimum absolute atomic E-state index is 0.139. The molecule has 2 rings (SSSR count). The standard InChI is InChI=1S/C14H22N4O3S/c1-15-14(19)11-4-5-12(13(10-11)22(20,21)16-2)18-8-6-17(3)7-9-18/h4-5,10,16H,6-9H2,1-3H3,(H,15,19). The fraction of sp³-hybridized carbons (Fsp3) is 0.500. The first-order valence-electron chi connectivity index (χ1n) is 7.12. The molecule has 1 aliphatic heterocycles. The van der Waals surface area contributed by atoms with E-state index in [1.54, 1.807) is 12.1 Å². The SMILES string of the molecule is CNC(=O)c1ccc(N2CCN(C)CC2)c(S(=O)(=O)NC)c1. The van der Waals surface area contributed by atoms with Gasteiger partial charge in [0.15, 0.2) is 0 Å². The van der Waals surface area contributed by atoms with Crippen molar-refractivity contribution in [2.45, 2.75) is 4.90 Å². The Morgan fingerprint density at radius 2 is 1.77 bits per heavy atom. The number of carbonyl (C=O) groups is 1. The van der Waals surface area contributed by atoms with Crippen molar-refractivity contribution in [3.63, 3.8) is 0 Å². The molecule has 1 fully saturated rings. The lowest BCUT2D eigenvalue weighted by molar-refractivity contribution is 0.0963. The van der Waals surface area contributed by atoms with E-state index < -0.39 is 10.0 Å². The highest BCUT2D eigenvalue weighted by Gasteiger charge is 2.24. The zero-order valence-electron chi connectivity index (χ0n) is 13.1. The van der Waals surface area contributed by atoms with Gasteiger partial charge >= 0.3 is 0 Å². The minimum Gasteiger partial charge on any atom is -0.368 e. The average molecular weight is 326 g/mol. The number of benzene rings is 1. The van der Waals surface area contributed by atoms with E-state index in [-0.39, 0.29) is 10.8 Å². The smallest absolute Gasteiger partial charge is 0.251 e. The highest BCUT2D eigenvalue weighted by atomic mass is 32.2. The summed E-state index contributed by atoms with van der Waals surface area (Å²) in [5, 5.41) is 2.51. The van der Waals surface area contributed by atoms with Crippen LogP contribution in [0.5, 0.6) is 0 Å². The number of piperazine rings is 1. The summed E-state index contributed by atoms with van der Waals surface area (Å²) in [6.07, 6.45) is 0. The van der Waals surface area contributed by atoms with E-state index in [9.17, 15) is 13.2 Å². The molecular formula is C14H22N4O3S. The third-order valence-corrected chi connectivity index (χ3v) is 5.29. The van der Waals surface area contributed by atoms with Crippen LogP contribution in [0.25, 0.3) is 0 Å². The number of hydrogen-bond donors (Lipinski definition) is 2. The summed E-state index contributed by atoms with van der Waals surface area (Å²) < 4.78 is 27.0. The van der Waals surface area contributed by atoms with E-state index in [0.29, 0.717) is 11.3 Å². The number of nitrogens with one attached hydrogen (secondary N) is 2. The molecule has 8 heteroatoms. The van der Waals surface area contributed by atoms with Crippen molar-refractivity contribution >= 4 is 21.6 Å². The fourth-order valence-corrected chi connectivity index (χ4v) is 3.41. The fourth-order valence-electron chi connectivity index (χ4n) is 2.43. The number of anilines is 1. The highest BCUT2D eigenvalue weighted by molar-refractivity contribution is 7.89. The molecule has 0 saturated carbocycles. The molecule has 1 saturated heterocycles. The van der Waals surface area contributed by atoms with Crippen molar-refractivity contribution in [2.24, 2.45) is 0 Å². The van der Waals surface area contributed by atoms with Crippen LogP contribution in [-0.2, 0) is 10.0 Å². The van der Waals surface area contributed by atoms with Gasteiger partial charge in [-0.15, -0.1) is 0 Å². The minimum atomic E-state index is -3.64. The maximum atomic E-state index is 12.3. The number of carbonyl (C=O) groups excluding carboxylic acids is 1. The summed E-state index contributed by atoms with van der Waals surface area (Å²) in [5.41, 5.74) is 0.962. The summed E-state index contributed by atoms with van der Waals surface area (Å²) in [4.78, 5) is 16.1. The van der Waals surface area contributed by atoms with Crippen LogP contribution in [0, 0.1) is 0 Å². The Morgan fingerprint density at radius 1 is 1.14 bits per heavy atom. The van der Waals surface area contributed by atoms with Crippen LogP contribution in [0.15, 0.2) is 23.1 Å². The Labute approximate surface area is 131 Å². The molecule has 122 valence electrons. The molecule has 2 N–H and O–H groups in total. The Balaban J connectivity index is 2.47. The molecule has 1 aliphatic rings. The lowest BCUT2D eigenvalue weighted by Gasteiger charge is -2.35. The van der Waals surface area contributed by atoms with Crippen LogP contribution in [0.3, 0.4) is 0 Å². The maximum absolute atomic E-state index is 12.3. The van der Waals surface area contributed by atoms with Crippen LogP contribution in [-0.4, -0.2) is 66.5 Å². The molecule has 1 aromatic rings. The van der Waals surface area contributed by atoms with Crippen LogP contribution < -0.4 is 14.9 Å². The monoisotopic (exact) mass is 326 g/mol. The van der Waals surface area contributed by atoms with Crippen molar-refractivity contribution in [3.8, 4) is 0 Å².